The molecule has 132 valence electrons. The molecule has 1 aliphatic rings. The Morgan fingerprint density at radius 3 is 1.96 bits per heavy atom. The number of rotatable bonds is 7. The average molecular weight is 344 g/mol. The van der Waals surface area contributed by atoms with Crippen molar-refractivity contribution in [3.63, 3.8) is 0 Å². The molecule has 0 N–H and O–H groups in total. The third-order valence-corrected chi connectivity index (χ3v) is 4.14. The number of ketones is 1. The summed E-state index contributed by atoms with van der Waals surface area (Å²) in [6.45, 7) is 0. The molecule has 0 spiro atoms. The third-order valence-electron chi connectivity index (χ3n) is 4.14. The number of carbonyl (C=O) groups excluding carboxylic acids is 1. The zero-order valence-electron chi connectivity index (χ0n) is 14.6. The first-order valence-corrected chi connectivity index (χ1v) is 7.76. The zero-order chi connectivity index (χ0) is 18.0. The molecule has 2 atom stereocenters. The maximum atomic E-state index is 12.7. The quantitative estimate of drug-likeness (QED) is 0.568. The van der Waals surface area contributed by atoms with Crippen LogP contribution in [0.25, 0.3) is 0 Å². The summed E-state index contributed by atoms with van der Waals surface area (Å²) < 4.78 is 26.6. The van der Waals surface area contributed by atoms with E-state index in [2.05, 4.69) is 0 Å². The van der Waals surface area contributed by atoms with Gasteiger partial charge in [-0.05, 0) is 29.8 Å². The van der Waals surface area contributed by atoms with E-state index in [0.29, 0.717) is 22.8 Å². The van der Waals surface area contributed by atoms with Crippen molar-refractivity contribution < 1.29 is 28.5 Å². The number of carbonyl (C=O) groups is 1. The van der Waals surface area contributed by atoms with Crippen LogP contribution >= 0.6 is 0 Å². The highest BCUT2D eigenvalue weighted by Crippen LogP contribution is 2.44. The number of methoxy groups -OCH3 is 4. The molecule has 6 nitrogen and oxygen atoms in total. The molecule has 1 heterocycles. The number of benzene rings is 2. The van der Waals surface area contributed by atoms with Crippen LogP contribution in [0.2, 0.25) is 0 Å². The maximum Gasteiger partial charge on any atom is 0.203 e. The second-order valence-electron chi connectivity index (χ2n) is 5.53. The van der Waals surface area contributed by atoms with Gasteiger partial charge in [-0.25, -0.2) is 0 Å². The highest BCUT2D eigenvalue weighted by atomic mass is 16.6. The first-order chi connectivity index (χ1) is 12.1. The van der Waals surface area contributed by atoms with Gasteiger partial charge < -0.3 is 23.7 Å². The lowest BCUT2D eigenvalue weighted by Crippen LogP contribution is -2.09. The Balaban J connectivity index is 1.82. The maximum absolute atomic E-state index is 12.7. The fraction of sp³-hybridized carbons (Fsp3) is 0.316. The van der Waals surface area contributed by atoms with Crippen LogP contribution in [-0.4, -0.2) is 40.3 Å². The van der Waals surface area contributed by atoms with E-state index in [1.165, 1.54) is 21.3 Å². The fourth-order valence-corrected chi connectivity index (χ4v) is 2.75. The molecule has 25 heavy (non-hydrogen) atoms. The predicted molar refractivity (Wildman–Crippen MR) is 91.0 cm³/mol. The van der Waals surface area contributed by atoms with Crippen LogP contribution in [0.15, 0.2) is 36.4 Å². The van der Waals surface area contributed by atoms with Crippen LogP contribution in [0.4, 0.5) is 0 Å². The third kappa shape index (κ3) is 3.25. The molecule has 1 aliphatic heterocycles. The zero-order valence-corrected chi connectivity index (χ0v) is 14.6. The van der Waals surface area contributed by atoms with Crippen molar-refractivity contribution in [1.29, 1.82) is 0 Å². The monoisotopic (exact) mass is 344 g/mol. The second kappa shape index (κ2) is 7.03. The Labute approximate surface area is 146 Å². The number of hydrogen-bond acceptors (Lipinski definition) is 6. The summed E-state index contributed by atoms with van der Waals surface area (Å²) in [6, 6.07) is 10.8. The summed E-state index contributed by atoms with van der Waals surface area (Å²) in [5.41, 5.74) is 1.39. The molecule has 0 amide bonds. The SMILES string of the molecule is COc1ccc([C@H]2O[C@@H]2C(=O)c2cc(OC)c(OC)c(OC)c2)cc1. The van der Waals surface area contributed by atoms with E-state index in [9.17, 15) is 4.79 Å². The van der Waals surface area contributed by atoms with Crippen molar-refractivity contribution in [2.24, 2.45) is 0 Å². The molecule has 2 aromatic rings. The molecule has 1 fully saturated rings. The molecule has 0 aromatic heterocycles. The van der Waals surface area contributed by atoms with Crippen LogP contribution in [-0.2, 0) is 4.74 Å². The minimum atomic E-state index is -0.517. The number of ether oxygens (including phenoxy) is 5. The van der Waals surface area contributed by atoms with E-state index in [0.717, 1.165) is 11.3 Å². The van der Waals surface area contributed by atoms with Crippen molar-refractivity contribution in [2.75, 3.05) is 28.4 Å². The van der Waals surface area contributed by atoms with Gasteiger partial charge in [0.25, 0.3) is 0 Å². The van der Waals surface area contributed by atoms with Crippen molar-refractivity contribution in [3.05, 3.63) is 47.5 Å². The topological polar surface area (TPSA) is 66.5 Å². The van der Waals surface area contributed by atoms with E-state index in [-0.39, 0.29) is 11.9 Å². The van der Waals surface area contributed by atoms with Crippen molar-refractivity contribution >= 4 is 5.78 Å². The van der Waals surface area contributed by atoms with Gasteiger partial charge in [0.05, 0.1) is 28.4 Å². The van der Waals surface area contributed by atoms with Crippen molar-refractivity contribution in [1.82, 2.24) is 0 Å². The molecule has 0 aliphatic carbocycles. The number of Topliss-reactive ketones (excluding diaryl/α,β-unsaturated/α-hetero) is 1. The lowest BCUT2D eigenvalue weighted by atomic mass is 10.0. The molecule has 0 bridgehead atoms. The van der Waals surface area contributed by atoms with Gasteiger partial charge in [-0.1, -0.05) is 12.1 Å². The van der Waals surface area contributed by atoms with Crippen molar-refractivity contribution in [2.45, 2.75) is 12.2 Å². The summed E-state index contributed by atoms with van der Waals surface area (Å²) in [5.74, 6) is 1.96. The van der Waals surface area contributed by atoms with E-state index in [1.807, 2.05) is 24.3 Å². The Hall–Kier alpha value is -2.73. The molecule has 0 radical (unpaired) electrons. The first-order valence-electron chi connectivity index (χ1n) is 7.76. The predicted octanol–water partition coefficient (Wildman–Crippen LogP) is 3.04. The van der Waals surface area contributed by atoms with Gasteiger partial charge in [0.15, 0.2) is 23.4 Å². The molecule has 2 aromatic carbocycles. The van der Waals surface area contributed by atoms with Gasteiger partial charge in [0.2, 0.25) is 5.75 Å². The number of hydrogen-bond donors (Lipinski definition) is 0. The molecule has 1 saturated heterocycles. The van der Waals surface area contributed by atoms with Crippen molar-refractivity contribution in [3.8, 4) is 23.0 Å². The van der Waals surface area contributed by atoms with Gasteiger partial charge >= 0.3 is 0 Å². The molecule has 0 unspecified atom stereocenters. The summed E-state index contributed by atoms with van der Waals surface area (Å²) in [7, 11) is 6.16. The number of epoxide rings is 1. The molecular weight excluding hydrogens is 324 g/mol. The normalized spacial score (nSPS) is 18.4. The lowest BCUT2D eigenvalue weighted by molar-refractivity contribution is 0.0953. The van der Waals surface area contributed by atoms with E-state index >= 15 is 0 Å². The molecule has 0 saturated carbocycles. The van der Waals surface area contributed by atoms with E-state index in [4.69, 9.17) is 23.7 Å². The highest BCUT2D eigenvalue weighted by Gasteiger charge is 2.46. The Kier molecular flexibility index (Phi) is 4.81. The second-order valence-corrected chi connectivity index (χ2v) is 5.53. The fourth-order valence-electron chi connectivity index (χ4n) is 2.75. The molecule has 6 heteroatoms. The molecular formula is C19H20O6. The van der Waals surface area contributed by atoms with Gasteiger partial charge in [-0.2, -0.15) is 0 Å². The average Bonchev–Trinajstić information content (AvgIpc) is 3.46. The first kappa shape index (κ1) is 17.1. The van der Waals surface area contributed by atoms with Gasteiger partial charge in [0.1, 0.15) is 11.9 Å². The van der Waals surface area contributed by atoms with Crippen LogP contribution < -0.4 is 18.9 Å². The smallest absolute Gasteiger partial charge is 0.203 e. The molecule has 3 rings (SSSR count). The Bertz CT molecular complexity index is 743. The van der Waals surface area contributed by atoms with Gasteiger partial charge in [-0.15, -0.1) is 0 Å². The summed E-state index contributed by atoms with van der Waals surface area (Å²) in [6.07, 6.45) is -0.770. The standard InChI is InChI=1S/C19H20O6/c1-21-13-7-5-11(6-8-13)17-19(25-17)16(20)12-9-14(22-2)18(24-4)15(10-12)23-3/h5-10,17,19H,1-4H3/t17-,19-/m1/s1. The van der Waals surface area contributed by atoms with E-state index < -0.39 is 6.10 Å². The van der Waals surface area contributed by atoms with Crippen LogP contribution in [0.3, 0.4) is 0 Å². The minimum absolute atomic E-state index is 0.125. The summed E-state index contributed by atoms with van der Waals surface area (Å²) in [4.78, 5) is 12.7. The summed E-state index contributed by atoms with van der Waals surface area (Å²) >= 11 is 0. The van der Waals surface area contributed by atoms with E-state index in [1.54, 1.807) is 19.2 Å². The van der Waals surface area contributed by atoms with Gasteiger partial charge in [0, 0.05) is 5.56 Å². The van der Waals surface area contributed by atoms with Crippen LogP contribution in [0, 0.1) is 0 Å². The lowest BCUT2D eigenvalue weighted by Gasteiger charge is -2.13. The Morgan fingerprint density at radius 2 is 1.48 bits per heavy atom. The Morgan fingerprint density at radius 1 is 0.880 bits per heavy atom. The van der Waals surface area contributed by atoms with Crippen LogP contribution in [0.5, 0.6) is 23.0 Å². The minimum Gasteiger partial charge on any atom is -0.497 e. The highest BCUT2D eigenvalue weighted by molar-refractivity contribution is 6.02. The summed E-state index contributed by atoms with van der Waals surface area (Å²) in [5, 5.41) is 0. The van der Waals surface area contributed by atoms with Crippen LogP contribution in [0.1, 0.15) is 22.0 Å². The van der Waals surface area contributed by atoms with Gasteiger partial charge in [-0.3, -0.25) is 4.79 Å². The largest absolute Gasteiger partial charge is 0.497 e.